The molecule has 0 amide bonds. The number of non-ortho nitro benzene ring substituents is 1. The van der Waals surface area contributed by atoms with Crippen LogP contribution in [0.15, 0.2) is 370 Å². The molecule has 12 aromatic carbocycles. The standard InChI is InChI=1S/C9H12.3C8H10.2C7H7Br.C7H6Cl2.C7H6F2.C7H7F.C7H7NO2.C7H8O.C7H8.C6H7N.C5H6O.2C5H6S/c1-7-4-5-8(2)9(3)6-7;3*1-7-3-5-8(2)6-4-7;1-6-2-4-7(8)5-3-6;1-6-3-2-4-7(8)5-6;2*1-5-2-3-6(8)7(9)4-5;1-6-2-4-7(8)5-3-6;1-6-2-4-7(5-3-6)8(9)10;1-6-2-4-7(8)5-3-6;1-7-5-3-2-4-6-7;1-6-3-2-4-7-5-6;2*1-5-2-3-6-4-5;1-5-3-2-4-6-5/h4-6H,1-3H3;3*3-6H,1-2H3;2*2-5H,1H3;2*2-4H,1H3;2-5H,1H3;2-5H,1H3;2-5,8H,1H3;2-6H,1H3;2-5H,1H3;3*2-4H,1H3. The summed E-state index contributed by atoms with van der Waals surface area (Å²) in [6.07, 6.45) is 6.97. The molecule has 15 heteroatoms. The van der Waals surface area contributed by atoms with Gasteiger partial charge in [0, 0.05) is 38.3 Å². The molecule has 0 atom stereocenters. The van der Waals surface area contributed by atoms with Crippen molar-refractivity contribution in [1.29, 1.82) is 0 Å². The third kappa shape index (κ3) is 62.7. The number of nitrogens with zero attached hydrogens (tertiary/aromatic N) is 2. The highest BCUT2D eigenvalue weighted by molar-refractivity contribution is 9.10. The molecule has 0 aliphatic rings. The van der Waals surface area contributed by atoms with E-state index in [2.05, 4.69) is 296 Å². The van der Waals surface area contributed by atoms with Crippen molar-refractivity contribution < 1.29 is 27.6 Å². The van der Waals surface area contributed by atoms with Gasteiger partial charge in [-0.1, -0.05) is 334 Å². The van der Waals surface area contributed by atoms with Crippen molar-refractivity contribution in [1.82, 2.24) is 4.98 Å². The van der Waals surface area contributed by atoms with Crippen molar-refractivity contribution in [2.75, 3.05) is 0 Å². The SMILES string of the molecule is Cc1ccc(Br)cc1.Cc1ccc(C)c(C)c1.Cc1ccc(C)cc1.Cc1ccc(C)cc1.Cc1ccc(C)cc1.Cc1ccc(Cl)c(Cl)c1.Cc1ccc(F)c(F)c1.Cc1ccc(F)cc1.Cc1ccc(O)cc1.Cc1ccc([N+](=O)[O-])cc1.Cc1cccc(Br)c1.Cc1ccccc1.Cc1cccnc1.Cc1cccs1.Cc1ccoc1.Cc1ccsc1. The predicted octanol–water partition coefficient (Wildman–Crippen LogP) is 35.4. The summed E-state index contributed by atoms with van der Waals surface area (Å²) in [6.45, 7) is 42.9. The van der Waals surface area contributed by atoms with Crippen molar-refractivity contribution in [3.05, 3.63) is 519 Å². The van der Waals surface area contributed by atoms with E-state index in [0.29, 0.717) is 15.8 Å². The number of halogens is 7. The number of thiophene rings is 2. The van der Waals surface area contributed by atoms with Crippen LogP contribution in [0.4, 0.5) is 18.9 Å². The number of hydrogen-bond donors (Lipinski definition) is 1. The first-order valence-corrected chi connectivity index (χ1v) is 44.4. The molecule has 16 rings (SSSR count). The molecule has 16 aromatic rings. The zero-order valence-corrected chi connectivity index (χ0v) is 82.4. The molecule has 0 aliphatic heterocycles. The van der Waals surface area contributed by atoms with E-state index in [1.165, 1.54) is 124 Å². The molecule has 0 aliphatic carbocycles. The van der Waals surface area contributed by atoms with Gasteiger partial charge >= 0.3 is 0 Å². The van der Waals surface area contributed by atoms with E-state index in [-0.39, 0.29) is 11.5 Å². The van der Waals surface area contributed by atoms with Crippen LogP contribution in [-0.2, 0) is 0 Å². The smallest absolute Gasteiger partial charge is 0.269 e. The molecule has 658 valence electrons. The van der Waals surface area contributed by atoms with Gasteiger partial charge in [0.1, 0.15) is 11.6 Å². The topological polar surface area (TPSA) is 89.4 Å². The van der Waals surface area contributed by atoms with Crippen molar-refractivity contribution >= 4 is 83.4 Å². The molecule has 0 radical (unpaired) electrons. The van der Waals surface area contributed by atoms with Crippen LogP contribution in [0.1, 0.15) is 116 Å². The fraction of sp³-hybridized carbons (Fsp3) is 0.191. The molecule has 0 bridgehead atoms. The van der Waals surface area contributed by atoms with Gasteiger partial charge in [-0.05, 0) is 298 Å². The Bertz CT molecular complexity index is 4670. The fourth-order valence-corrected chi connectivity index (χ4v) is 11.2. The summed E-state index contributed by atoms with van der Waals surface area (Å²) < 4.78 is 43.4. The number of pyridine rings is 1. The van der Waals surface area contributed by atoms with Gasteiger partial charge in [0.2, 0.25) is 0 Å². The molecule has 0 spiro atoms. The fourth-order valence-electron chi connectivity index (χ4n) is 8.90. The highest BCUT2D eigenvalue weighted by Gasteiger charge is 2.02. The molecule has 4 aromatic heterocycles. The van der Waals surface area contributed by atoms with Gasteiger partial charge in [-0.2, -0.15) is 11.3 Å². The maximum Gasteiger partial charge on any atom is 0.269 e. The van der Waals surface area contributed by atoms with Gasteiger partial charge in [-0.25, -0.2) is 13.2 Å². The first-order valence-electron chi connectivity index (χ1n) is 40.3. The van der Waals surface area contributed by atoms with Gasteiger partial charge in [-0.3, -0.25) is 15.1 Å². The second-order valence-electron chi connectivity index (χ2n) is 29.2. The summed E-state index contributed by atoms with van der Waals surface area (Å²) in [7, 11) is 0. The van der Waals surface area contributed by atoms with Crippen LogP contribution in [0.2, 0.25) is 10.0 Å². The van der Waals surface area contributed by atoms with Crippen LogP contribution >= 0.6 is 77.7 Å². The summed E-state index contributed by atoms with van der Waals surface area (Å²) in [5, 5.41) is 26.4. The molecule has 1 N–H and O–H groups in total. The van der Waals surface area contributed by atoms with Crippen molar-refractivity contribution in [2.24, 2.45) is 0 Å². The monoisotopic (exact) mass is 1880 g/mol. The summed E-state index contributed by atoms with van der Waals surface area (Å²) in [5.41, 5.74) is 25.0. The molecule has 6 nitrogen and oxygen atoms in total. The Kier molecular flexibility index (Phi) is 60.4. The van der Waals surface area contributed by atoms with Gasteiger partial charge in [0.25, 0.3) is 5.69 Å². The minimum atomic E-state index is -0.791. The summed E-state index contributed by atoms with van der Waals surface area (Å²) in [6, 6.07) is 100. The average Bonchev–Trinajstić information content (AvgIpc) is 1.54. The highest BCUT2D eigenvalue weighted by Crippen LogP contribution is 2.22. The molecule has 0 saturated heterocycles. The Hall–Kier alpha value is -11.0. The van der Waals surface area contributed by atoms with E-state index in [1.807, 2.05) is 133 Å². The number of rotatable bonds is 1. The third-order valence-electron chi connectivity index (χ3n) is 16.5. The number of hydrogen-bond acceptors (Lipinski definition) is 7. The van der Waals surface area contributed by atoms with E-state index >= 15 is 0 Å². The minimum absolute atomic E-state index is 0.144. The number of phenols is 1. The number of aromatic hydroxyl groups is 1. The lowest BCUT2D eigenvalue weighted by atomic mass is 10.1. The first-order chi connectivity index (χ1) is 59.3. The molecule has 0 fully saturated rings. The van der Waals surface area contributed by atoms with E-state index in [4.69, 9.17) is 32.7 Å². The van der Waals surface area contributed by atoms with Crippen molar-refractivity contribution in [3.63, 3.8) is 0 Å². The van der Waals surface area contributed by atoms with Gasteiger partial charge < -0.3 is 9.52 Å². The molecular formula is C110H123Br2Cl2F3N2O4S2. The predicted molar refractivity (Wildman–Crippen MR) is 542 cm³/mol. The summed E-state index contributed by atoms with van der Waals surface area (Å²) in [4.78, 5) is 15.0. The lowest BCUT2D eigenvalue weighted by molar-refractivity contribution is -0.384. The number of phenolic OH excluding ortho intramolecular Hbond substituents is 1. The Morgan fingerprint density at radius 1 is 0.344 bits per heavy atom. The number of nitro benzene ring substituents is 1. The molecule has 4 heterocycles. The van der Waals surface area contributed by atoms with Gasteiger partial charge in [-0.15, -0.1) is 11.3 Å². The van der Waals surface area contributed by atoms with Gasteiger partial charge in [0.05, 0.1) is 27.5 Å². The van der Waals surface area contributed by atoms with Crippen molar-refractivity contribution in [2.45, 2.75) is 145 Å². The molecule has 0 unspecified atom stereocenters. The summed E-state index contributed by atoms with van der Waals surface area (Å²) >= 11 is 21.6. The molecular weight excluding hydrogens is 1770 g/mol. The van der Waals surface area contributed by atoms with E-state index in [9.17, 15) is 23.3 Å². The van der Waals surface area contributed by atoms with Crippen LogP contribution < -0.4 is 0 Å². The lowest BCUT2D eigenvalue weighted by Crippen LogP contribution is -1.86. The van der Waals surface area contributed by atoms with Crippen LogP contribution in [0.5, 0.6) is 5.75 Å². The Labute approximate surface area is 780 Å². The normalized spacial score (nSPS) is 9.22. The second kappa shape index (κ2) is 67.4. The highest BCUT2D eigenvalue weighted by atomic mass is 79.9. The van der Waals surface area contributed by atoms with E-state index in [0.717, 1.165) is 43.3 Å². The zero-order valence-electron chi connectivity index (χ0n) is 76.1. The molecule has 125 heavy (non-hydrogen) atoms. The third-order valence-corrected chi connectivity index (χ3v) is 19.9. The zero-order chi connectivity index (χ0) is 93.4. The van der Waals surface area contributed by atoms with Crippen molar-refractivity contribution in [3.8, 4) is 5.75 Å². The largest absolute Gasteiger partial charge is 0.508 e. The number of aromatic nitrogens is 1. The Balaban J connectivity index is 0.000000668. The van der Waals surface area contributed by atoms with E-state index in [1.54, 1.807) is 90.8 Å². The molecule has 0 saturated carbocycles. The average molecular weight is 1890 g/mol. The number of nitro groups is 1. The first kappa shape index (κ1) is 112. The van der Waals surface area contributed by atoms with Gasteiger partial charge in [0.15, 0.2) is 11.6 Å². The number of aryl methyl sites for hydroxylation is 21. The summed E-state index contributed by atoms with van der Waals surface area (Å²) in [5.74, 6) is -1.41. The number of furan rings is 1. The maximum atomic E-state index is 12.2. The quantitative estimate of drug-likeness (QED) is 0.131. The maximum absolute atomic E-state index is 12.2. The number of benzene rings is 12. The Morgan fingerprint density at radius 3 is 1.02 bits per heavy atom. The van der Waals surface area contributed by atoms with E-state index < -0.39 is 16.6 Å². The minimum Gasteiger partial charge on any atom is -0.508 e. The van der Waals surface area contributed by atoms with Crippen LogP contribution in [-0.4, -0.2) is 15.0 Å². The Morgan fingerprint density at radius 2 is 0.752 bits per heavy atom. The van der Waals surface area contributed by atoms with Crippen LogP contribution in [0.25, 0.3) is 0 Å². The second-order valence-corrected chi connectivity index (χ2v) is 33.8. The van der Waals surface area contributed by atoms with Crippen LogP contribution in [0, 0.1) is 173 Å². The van der Waals surface area contributed by atoms with Crippen LogP contribution in [0.3, 0.4) is 0 Å². The lowest BCUT2D eigenvalue weighted by Gasteiger charge is -1.98.